The van der Waals surface area contributed by atoms with Gasteiger partial charge in [-0.25, -0.2) is 0 Å². The van der Waals surface area contributed by atoms with Gasteiger partial charge < -0.3 is 10.6 Å². The van der Waals surface area contributed by atoms with E-state index >= 15 is 0 Å². The molecule has 1 amide bonds. The summed E-state index contributed by atoms with van der Waals surface area (Å²) in [5.41, 5.74) is 0.903. The number of nitrogens with zero attached hydrogens (tertiary/aromatic N) is 1. The molecule has 100 valence electrons. The van der Waals surface area contributed by atoms with E-state index in [1.54, 1.807) is 18.2 Å². The Bertz CT molecular complexity index is 510. The minimum absolute atomic E-state index is 0.0441. The highest BCUT2D eigenvalue weighted by Gasteiger charge is 2.43. The van der Waals surface area contributed by atoms with Gasteiger partial charge in [-0.1, -0.05) is 19.9 Å². The van der Waals surface area contributed by atoms with Gasteiger partial charge in [-0.15, -0.1) is 0 Å². The van der Waals surface area contributed by atoms with E-state index in [1.165, 1.54) is 0 Å². The maximum Gasteiger partial charge on any atom is 0.232 e. The fraction of sp³-hybridized carbons (Fsp3) is 0.467. The fourth-order valence-corrected chi connectivity index (χ4v) is 2.58. The van der Waals surface area contributed by atoms with E-state index in [2.05, 4.69) is 30.6 Å². The maximum absolute atomic E-state index is 12.5. The van der Waals surface area contributed by atoms with Gasteiger partial charge >= 0.3 is 0 Å². The number of hydrogen-bond donors (Lipinski definition) is 2. The molecule has 19 heavy (non-hydrogen) atoms. The summed E-state index contributed by atoms with van der Waals surface area (Å²) in [6, 6.07) is 9.10. The summed E-state index contributed by atoms with van der Waals surface area (Å²) < 4.78 is 0. The van der Waals surface area contributed by atoms with Crippen LogP contribution in [-0.4, -0.2) is 19.0 Å². The molecule has 1 unspecified atom stereocenters. The second kappa shape index (κ2) is 5.41. The van der Waals surface area contributed by atoms with Gasteiger partial charge in [0.1, 0.15) is 0 Å². The molecule has 1 fully saturated rings. The van der Waals surface area contributed by atoms with E-state index in [0.29, 0.717) is 17.8 Å². The van der Waals surface area contributed by atoms with Crippen molar-refractivity contribution in [1.29, 1.82) is 5.26 Å². The van der Waals surface area contributed by atoms with Crippen molar-refractivity contribution in [2.45, 2.75) is 20.3 Å². The number of nitriles is 1. The zero-order valence-electron chi connectivity index (χ0n) is 11.4. The van der Waals surface area contributed by atoms with Crippen LogP contribution in [0.15, 0.2) is 24.3 Å². The van der Waals surface area contributed by atoms with Gasteiger partial charge in [-0.05, 0) is 37.1 Å². The SMILES string of the molecule is CC(C)C1(C(=O)Nc2cccc(C#N)c2)CCNC1. The second-order valence-corrected chi connectivity index (χ2v) is 5.38. The van der Waals surface area contributed by atoms with Gasteiger partial charge in [0.25, 0.3) is 0 Å². The Kier molecular flexibility index (Phi) is 3.87. The van der Waals surface area contributed by atoms with Crippen molar-refractivity contribution in [2.24, 2.45) is 11.3 Å². The van der Waals surface area contributed by atoms with Gasteiger partial charge in [0.05, 0.1) is 17.0 Å². The Balaban J connectivity index is 2.18. The smallest absolute Gasteiger partial charge is 0.232 e. The molecule has 0 radical (unpaired) electrons. The van der Waals surface area contributed by atoms with Crippen molar-refractivity contribution < 1.29 is 4.79 Å². The third-order valence-electron chi connectivity index (χ3n) is 4.00. The highest BCUT2D eigenvalue weighted by molar-refractivity contribution is 5.96. The molecule has 1 aromatic carbocycles. The first kappa shape index (κ1) is 13.6. The van der Waals surface area contributed by atoms with Crippen molar-refractivity contribution in [3.63, 3.8) is 0 Å². The van der Waals surface area contributed by atoms with Gasteiger partial charge in [-0.3, -0.25) is 4.79 Å². The number of carbonyl (C=O) groups excluding carboxylic acids is 1. The lowest BCUT2D eigenvalue weighted by molar-refractivity contribution is -0.126. The third-order valence-corrected chi connectivity index (χ3v) is 4.00. The molecule has 1 aliphatic rings. The zero-order chi connectivity index (χ0) is 13.9. The van der Waals surface area contributed by atoms with Crippen LogP contribution in [0.4, 0.5) is 5.69 Å². The Morgan fingerprint density at radius 2 is 2.32 bits per heavy atom. The van der Waals surface area contributed by atoms with E-state index in [1.807, 2.05) is 6.07 Å². The molecule has 0 bridgehead atoms. The van der Waals surface area contributed by atoms with E-state index in [4.69, 9.17) is 5.26 Å². The van der Waals surface area contributed by atoms with Crippen LogP contribution in [0.1, 0.15) is 25.8 Å². The Morgan fingerprint density at radius 1 is 1.53 bits per heavy atom. The minimum Gasteiger partial charge on any atom is -0.326 e. The molecule has 0 saturated carbocycles. The van der Waals surface area contributed by atoms with E-state index in [0.717, 1.165) is 13.0 Å². The molecular formula is C15H19N3O. The molecule has 0 aliphatic carbocycles. The Labute approximate surface area is 113 Å². The monoisotopic (exact) mass is 257 g/mol. The van der Waals surface area contributed by atoms with Gasteiger partial charge in [0.2, 0.25) is 5.91 Å². The largest absolute Gasteiger partial charge is 0.326 e. The third kappa shape index (κ3) is 2.61. The normalized spacial score (nSPS) is 22.2. The number of amides is 1. The van der Waals surface area contributed by atoms with E-state index < -0.39 is 0 Å². The molecule has 1 heterocycles. The number of rotatable bonds is 3. The fourth-order valence-electron chi connectivity index (χ4n) is 2.58. The summed E-state index contributed by atoms with van der Waals surface area (Å²) in [5.74, 6) is 0.323. The zero-order valence-corrected chi connectivity index (χ0v) is 11.4. The van der Waals surface area contributed by atoms with E-state index in [9.17, 15) is 4.79 Å². The maximum atomic E-state index is 12.5. The molecule has 0 aromatic heterocycles. The standard InChI is InChI=1S/C15H19N3O/c1-11(2)15(6-7-17-10-15)14(19)18-13-5-3-4-12(8-13)9-16/h3-5,8,11,17H,6-7,10H2,1-2H3,(H,18,19). The van der Waals surface area contributed by atoms with Crippen LogP contribution in [0.3, 0.4) is 0 Å². The Hall–Kier alpha value is -1.86. The summed E-state index contributed by atoms with van der Waals surface area (Å²) in [6.07, 6.45) is 0.856. The topological polar surface area (TPSA) is 64.9 Å². The molecule has 1 atom stereocenters. The molecule has 2 N–H and O–H groups in total. The first-order valence-electron chi connectivity index (χ1n) is 6.61. The van der Waals surface area contributed by atoms with Crippen LogP contribution in [0.2, 0.25) is 0 Å². The molecule has 4 nitrogen and oxygen atoms in total. The van der Waals surface area contributed by atoms with Crippen LogP contribution in [0.25, 0.3) is 0 Å². The first-order chi connectivity index (χ1) is 9.08. The number of carbonyl (C=O) groups is 1. The average molecular weight is 257 g/mol. The summed E-state index contributed by atoms with van der Waals surface area (Å²) in [4.78, 5) is 12.5. The lowest BCUT2D eigenvalue weighted by Gasteiger charge is -2.31. The molecule has 1 aromatic rings. The number of benzene rings is 1. The van der Waals surface area contributed by atoms with Gasteiger partial charge in [0.15, 0.2) is 0 Å². The number of anilines is 1. The van der Waals surface area contributed by atoms with Crippen LogP contribution in [-0.2, 0) is 4.79 Å². The molecule has 1 aliphatic heterocycles. The van der Waals surface area contributed by atoms with Crippen LogP contribution >= 0.6 is 0 Å². The van der Waals surface area contributed by atoms with Crippen LogP contribution in [0.5, 0.6) is 0 Å². The first-order valence-corrected chi connectivity index (χ1v) is 6.61. The second-order valence-electron chi connectivity index (χ2n) is 5.38. The van der Waals surface area contributed by atoms with Crippen molar-refractivity contribution in [3.8, 4) is 6.07 Å². The van der Waals surface area contributed by atoms with E-state index in [-0.39, 0.29) is 17.2 Å². The predicted molar refractivity (Wildman–Crippen MR) is 74.5 cm³/mol. The highest BCUT2D eigenvalue weighted by atomic mass is 16.2. The molecular weight excluding hydrogens is 238 g/mol. The number of nitrogens with one attached hydrogen (secondary N) is 2. The molecule has 1 saturated heterocycles. The van der Waals surface area contributed by atoms with Crippen molar-refractivity contribution in [2.75, 3.05) is 18.4 Å². The highest BCUT2D eigenvalue weighted by Crippen LogP contribution is 2.35. The van der Waals surface area contributed by atoms with Gasteiger partial charge in [-0.2, -0.15) is 5.26 Å². The summed E-state index contributed by atoms with van der Waals surface area (Å²) in [7, 11) is 0. The molecule has 4 heteroatoms. The summed E-state index contributed by atoms with van der Waals surface area (Å²) >= 11 is 0. The summed E-state index contributed by atoms with van der Waals surface area (Å²) in [5, 5.41) is 15.1. The van der Waals surface area contributed by atoms with Crippen LogP contribution < -0.4 is 10.6 Å². The molecule has 2 rings (SSSR count). The lowest BCUT2D eigenvalue weighted by Crippen LogP contribution is -2.42. The van der Waals surface area contributed by atoms with Crippen LogP contribution in [0, 0.1) is 22.7 Å². The number of hydrogen-bond acceptors (Lipinski definition) is 3. The summed E-state index contributed by atoms with van der Waals surface area (Å²) in [6.45, 7) is 5.76. The minimum atomic E-state index is -0.345. The molecule has 0 spiro atoms. The lowest BCUT2D eigenvalue weighted by atomic mass is 9.75. The van der Waals surface area contributed by atoms with Crippen molar-refractivity contribution in [1.82, 2.24) is 5.32 Å². The predicted octanol–water partition coefficient (Wildman–Crippen LogP) is 2.13. The quantitative estimate of drug-likeness (QED) is 0.871. The van der Waals surface area contributed by atoms with Gasteiger partial charge in [0, 0.05) is 12.2 Å². The van der Waals surface area contributed by atoms with Crippen molar-refractivity contribution >= 4 is 11.6 Å². The Morgan fingerprint density at radius 3 is 2.89 bits per heavy atom. The average Bonchev–Trinajstić information content (AvgIpc) is 2.89. The van der Waals surface area contributed by atoms with Crippen molar-refractivity contribution in [3.05, 3.63) is 29.8 Å².